The Kier molecular flexibility index (Phi) is 6.57. The van der Waals surface area contributed by atoms with Gasteiger partial charge in [-0.1, -0.05) is 6.07 Å². The van der Waals surface area contributed by atoms with Gasteiger partial charge in [0.25, 0.3) is 11.5 Å². The number of nitrogens with one attached hydrogen (secondary N) is 1. The Labute approximate surface area is 216 Å². The topological polar surface area (TPSA) is 111 Å². The number of hydrogen-bond donors (Lipinski definition) is 2. The number of ether oxygens (including phenoxy) is 1. The highest BCUT2D eigenvalue weighted by molar-refractivity contribution is 6.09. The molecular formula is C26H28F2N7O3+. The Balaban J connectivity index is 1.62. The largest absolute Gasteiger partial charge is 0.494 e. The molecule has 0 spiro atoms. The maximum absolute atomic E-state index is 15.4. The fraction of sp³-hybridized carbons (Fsp3) is 0.308. The van der Waals surface area contributed by atoms with Gasteiger partial charge in [-0.25, -0.2) is 8.78 Å². The molecule has 0 aliphatic carbocycles. The summed E-state index contributed by atoms with van der Waals surface area (Å²) in [7, 11) is 4.87. The molecule has 5 rings (SSSR count). The second-order valence-electron chi connectivity index (χ2n) is 9.18. The predicted molar refractivity (Wildman–Crippen MR) is 138 cm³/mol. The van der Waals surface area contributed by atoms with Gasteiger partial charge >= 0.3 is 0 Å². The van der Waals surface area contributed by atoms with Gasteiger partial charge in [0.2, 0.25) is 6.20 Å². The molecule has 12 heteroatoms. The molecule has 0 radical (unpaired) electrons. The van der Waals surface area contributed by atoms with E-state index in [9.17, 15) is 14.0 Å². The number of nitrogens with zero attached hydrogens (tertiary/aromatic N) is 5. The van der Waals surface area contributed by atoms with Gasteiger partial charge in [0.15, 0.2) is 18.7 Å². The fourth-order valence-corrected chi connectivity index (χ4v) is 5.11. The van der Waals surface area contributed by atoms with Gasteiger partial charge in [-0.15, -0.1) is 4.68 Å². The molecule has 3 heterocycles. The van der Waals surface area contributed by atoms with Crippen LogP contribution in [0.3, 0.4) is 0 Å². The van der Waals surface area contributed by atoms with E-state index in [1.807, 2.05) is 0 Å². The summed E-state index contributed by atoms with van der Waals surface area (Å²) < 4.78 is 39.4. The van der Waals surface area contributed by atoms with Crippen molar-refractivity contribution >= 4 is 28.2 Å². The lowest BCUT2D eigenvalue weighted by atomic mass is 10.1. The normalized spacial score (nSPS) is 15.3. The third-order valence-electron chi connectivity index (χ3n) is 7.03. The Hall–Kier alpha value is -4.32. The maximum atomic E-state index is 15.4. The standard InChI is InChI=1S/C26H27F2N7O3/c1-32-14-17-22(33(32)2)19(28)12-20(23(17)34-11-5-6-15(34)13-29)31-25(36)16-9-10-30-35(26(16)37)24-18(27)7-4-8-21(24)38-3/h4,7-10,12,14-15H,5-6,11,13,29H2,1-3H3/p+1/t15-/m0/s1. The van der Waals surface area contributed by atoms with Crippen LogP contribution in [0.5, 0.6) is 5.75 Å². The Morgan fingerprint density at radius 3 is 2.79 bits per heavy atom. The highest BCUT2D eigenvalue weighted by Crippen LogP contribution is 2.39. The third kappa shape index (κ3) is 4.06. The van der Waals surface area contributed by atoms with Gasteiger partial charge in [0.1, 0.15) is 22.5 Å². The summed E-state index contributed by atoms with van der Waals surface area (Å²) >= 11 is 0. The summed E-state index contributed by atoms with van der Waals surface area (Å²) in [5.74, 6) is -1.99. The SMILES string of the molecule is COc1cccc(F)c1-n1nccc(C(=O)Nc2cc(F)c3c(c[n+](C)n3C)c2N2CCC[C@H]2CN)c1=O. The van der Waals surface area contributed by atoms with Crippen LogP contribution >= 0.6 is 0 Å². The average Bonchev–Trinajstić information content (AvgIpc) is 3.48. The molecule has 10 nitrogen and oxygen atoms in total. The molecule has 1 saturated heterocycles. The van der Waals surface area contributed by atoms with Gasteiger partial charge in [-0.2, -0.15) is 14.5 Å². The molecule has 2 aromatic heterocycles. The molecule has 38 heavy (non-hydrogen) atoms. The lowest BCUT2D eigenvalue weighted by Crippen LogP contribution is -2.36. The van der Waals surface area contributed by atoms with Gasteiger partial charge in [0.05, 0.1) is 30.9 Å². The molecule has 4 aromatic rings. The number of benzene rings is 2. The van der Waals surface area contributed by atoms with Crippen molar-refractivity contribution in [1.82, 2.24) is 14.5 Å². The summed E-state index contributed by atoms with van der Waals surface area (Å²) in [4.78, 5) is 28.8. The predicted octanol–water partition coefficient (Wildman–Crippen LogP) is 2.02. The molecule has 1 aliphatic rings. The molecule has 0 bridgehead atoms. The second-order valence-corrected chi connectivity index (χ2v) is 9.18. The van der Waals surface area contributed by atoms with Crippen molar-refractivity contribution in [3.8, 4) is 11.4 Å². The summed E-state index contributed by atoms with van der Waals surface area (Å²) in [6.45, 7) is 1.07. The number of methoxy groups -OCH3 is 1. The zero-order valence-electron chi connectivity index (χ0n) is 21.2. The van der Waals surface area contributed by atoms with Crippen LogP contribution in [0.25, 0.3) is 16.6 Å². The Bertz CT molecular complexity index is 1610. The lowest BCUT2D eigenvalue weighted by molar-refractivity contribution is -0.748. The van der Waals surface area contributed by atoms with Gasteiger partial charge in [-0.05, 0) is 31.0 Å². The van der Waals surface area contributed by atoms with Crippen LogP contribution in [0.4, 0.5) is 20.2 Å². The highest BCUT2D eigenvalue weighted by atomic mass is 19.1. The Morgan fingerprint density at radius 2 is 2.05 bits per heavy atom. The lowest BCUT2D eigenvalue weighted by Gasteiger charge is -2.28. The number of carbonyl (C=O) groups is 1. The number of amides is 1. The molecule has 0 unspecified atom stereocenters. The van der Waals surface area contributed by atoms with Crippen LogP contribution < -0.4 is 30.9 Å². The Morgan fingerprint density at radius 1 is 1.26 bits per heavy atom. The number of halogens is 2. The maximum Gasteiger partial charge on any atom is 0.284 e. The van der Waals surface area contributed by atoms with Crippen molar-refractivity contribution in [1.29, 1.82) is 0 Å². The van der Waals surface area contributed by atoms with Crippen LogP contribution in [-0.2, 0) is 14.1 Å². The number of aromatic nitrogens is 4. The van der Waals surface area contributed by atoms with Crippen LogP contribution in [0.2, 0.25) is 0 Å². The van der Waals surface area contributed by atoms with E-state index in [1.165, 1.54) is 37.6 Å². The van der Waals surface area contributed by atoms with Crippen LogP contribution in [-0.4, -0.2) is 46.6 Å². The molecule has 1 amide bonds. The van der Waals surface area contributed by atoms with Crippen LogP contribution in [0.15, 0.2) is 47.5 Å². The number of fused-ring (bicyclic) bond motifs is 1. The monoisotopic (exact) mass is 524 g/mol. The van der Waals surface area contributed by atoms with E-state index in [4.69, 9.17) is 10.5 Å². The third-order valence-corrected chi connectivity index (χ3v) is 7.03. The summed E-state index contributed by atoms with van der Waals surface area (Å²) in [6.07, 6.45) is 4.77. The van der Waals surface area contributed by atoms with Crippen molar-refractivity contribution in [3.63, 3.8) is 0 Å². The van der Waals surface area contributed by atoms with E-state index in [0.29, 0.717) is 29.7 Å². The molecular weight excluding hydrogens is 496 g/mol. The first kappa shape index (κ1) is 25.3. The molecule has 1 atom stereocenters. The number of para-hydroxylation sites is 1. The van der Waals surface area contributed by atoms with E-state index < -0.39 is 23.1 Å². The van der Waals surface area contributed by atoms with Gasteiger partial charge in [-0.3, -0.25) is 9.59 Å². The fourth-order valence-electron chi connectivity index (χ4n) is 5.11. The minimum absolute atomic E-state index is 0.0106. The van der Waals surface area contributed by atoms with E-state index in [-0.39, 0.29) is 28.7 Å². The number of aryl methyl sites for hydroxylation is 2. The summed E-state index contributed by atoms with van der Waals surface area (Å²) in [5.41, 5.74) is 5.87. The molecule has 198 valence electrons. The first-order valence-corrected chi connectivity index (χ1v) is 12.1. The van der Waals surface area contributed by atoms with Gasteiger partial charge < -0.3 is 20.7 Å². The molecule has 2 aromatic carbocycles. The number of hydrogen-bond acceptors (Lipinski definition) is 6. The smallest absolute Gasteiger partial charge is 0.284 e. The zero-order chi connectivity index (χ0) is 27.1. The van der Waals surface area contributed by atoms with Crippen LogP contribution in [0, 0.1) is 11.6 Å². The van der Waals surface area contributed by atoms with E-state index >= 15 is 4.39 Å². The molecule has 1 fully saturated rings. The highest BCUT2D eigenvalue weighted by Gasteiger charge is 2.31. The molecule has 3 N–H and O–H groups in total. The number of rotatable bonds is 6. The van der Waals surface area contributed by atoms with Crippen LogP contribution in [0.1, 0.15) is 23.2 Å². The average molecular weight is 525 g/mol. The van der Waals surface area contributed by atoms with Gasteiger partial charge in [0, 0.05) is 31.4 Å². The number of nitrogens with two attached hydrogens (primary N) is 1. The summed E-state index contributed by atoms with van der Waals surface area (Å²) in [5, 5.41) is 7.29. The first-order chi connectivity index (χ1) is 18.3. The minimum atomic E-state index is -0.858. The molecule has 1 aliphatic heterocycles. The number of anilines is 2. The minimum Gasteiger partial charge on any atom is -0.494 e. The van der Waals surface area contributed by atoms with Crippen molar-refractivity contribution in [2.45, 2.75) is 18.9 Å². The quantitative estimate of drug-likeness (QED) is 0.374. The second kappa shape index (κ2) is 9.86. The van der Waals surface area contributed by atoms with Crippen molar-refractivity contribution in [2.24, 2.45) is 19.8 Å². The van der Waals surface area contributed by atoms with E-state index in [2.05, 4.69) is 15.3 Å². The summed E-state index contributed by atoms with van der Waals surface area (Å²) in [6, 6.07) is 6.57. The number of carbonyl (C=O) groups excluding carboxylic acids is 1. The van der Waals surface area contributed by atoms with E-state index in [1.54, 1.807) is 29.7 Å². The first-order valence-electron chi connectivity index (χ1n) is 12.1. The van der Waals surface area contributed by atoms with Crippen molar-refractivity contribution in [2.75, 3.05) is 30.4 Å². The van der Waals surface area contributed by atoms with Crippen molar-refractivity contribution in [3.05, 3.63) is 70.3 Å². The molecule has 0 saturated carbocycles. The van der Waals surface area contributed by atoms with E-state index in [0.717, 1.165) is 23.6 Å². The zero-order valence-corrected chi connectivity index (χ0v) is 21.2. The van der Waals surface area contributed by atoms with Crippen molar-refractivity contribution < 1.29 is 23.0 Å².